The molecule has 0 amide bonds. The first-order chi connectivity index (χ1) is 14.5. The summed E-state index contributed by atoms with van der Waals surface area (Å²) in [6, 6.07) is 18.4. The van der Waals surface area contributed by atoms with E-state index in [1.807, 2.05) is 30.5 Å². The van der Waals surface area contributed by atoms with Gasteiger partial charge in [0, 0.05) is 37.9 Å². The highest BCUT2D eigenvalue weighted by Crippen LogP contribution is 2.27. The van der Waals surface area contributed by atoms with Crippen LogP contribution in [-0.2, 0) is 23.0 Å². The Bertz CT molecular complexity index is 1160. The summed E-state index contributed by atoms with van der Waals surface area (Å²) in [7, 11) is -3.55. The molecule has 4 rings (SSSR count). The third kappa shape index (κ3) is 4.16. The summed E-state index contributed by atoms with van der Waals surface area (Å²) >= 11 is 0. The van der Waals surface area contributed by atoms with Gasteiger partial charge < -0.3 is 4.57 Å². The van der Waals surface area contributed by atoms with Crippen molar-refractivity contribution in [3.05, 3.63) is 83.4 Å². The molecule has 0 radical (unpaired) electrons. The van der Waals surface area contributed by atoms with Crippen molar-refractivity contribution in [3.63, 3.8) is 0 Å². The van der Waals surface area contributed by atoms with Crippen molar-refractivity contribution < 1.29 is 8.42 Å². The minimum absolute atomic E-state index is 0.231. The van der Waals surface area contributed by atoms with Crippen molar-refractivity contribution in [2.24, 2.45) is 5.92 Å². The van der Waals surface area contributed by atoms with Gasteiger partial charge >= 0.3 is 0 Å². The van der Waals surface area contributed by atoms with Crippen LogP contribution in [-0.4, -0.2) is 35.4 Å². The van der Waals surface area contributed by atoms with Crippen LogP contribution in [0.5, 0.6) is 0 Å². The maximum absolute atomic E-state index is 13.0. The molecule has 1 atom stereocenters. The molecule has 2 heterocycles. The van der Waals surface area contributed by atoms with Crippen molar-refractivity contribution in [1.29, 1.82) is 5.26 Å². The second-order valence-corrected chi connectivity index (χ2v) is 9.68. The maximum atomic E-state index is 13.0. The zero-order chi connectivity index (χ0) is 21.1. The Labute approximate surface area is 177 Å². The van der Waals surface area contributed by atoms with Gasteiger partial charge in [-0.25, -0.2) is 13.4 Å². The van der Waals surface area contributed by atoms with Crippen molar-refractivity contribution in [2.75, 3.05) is 13.1 Å². The number of aromatic nitrogens is 2. The maximum Gasteiger partial charge on any atom is 0.243 e. The molecule has 1 saturated heterocycles. The number of aryl methyl sites for hydroxylation is 1. The number of hydrogen-bond acceptors (Lipinski definition) is 4. The number of nitriles is 1. The number of rotatable bonds is 6. The molecule has 0 N–H and O–H groups in total. The highest BCUT2D eigenvalue weighted by molar-refractivity contribution is 7.89. The topological polar surface area (TPSA) is 79.0 Å². The predicted octanol–water partition coefficient (Wildman–Crippen LogP) is 3.36. The fourth-order valence-electron chi connectivity index (χ4n) is 3.95. The molecule has 0 saturated carbocycles. The Morgan fingerprint density at radius 2 is 1.87 bits per heavy atom. The van der Waals surface area contributed by atoms with E-state index in [0.717, 1.165) is 30.9 Å². The van der Waals surface area contributed by atoms with Crippen LogP contribution in [0.3, 0.4) is 0 Å². The lowest BCUT2D eigenvalue weighted by molar-refractivity contribution is 0.450. The normalized spacial score (nSPS) is 17.1. The van der Waals surface area contributed by atoms with Crippen LogP contribution in [0.2, 0.25) is 0 Å². The molecule has 6 nitrogen and oxygen atoms in total. The van der Waals surface area contributed by atoms with Crippen LogP contribution in [0.25, 0.3) is 0 Å². The molecule has 0 spiro atoms. The van der Waals surface area contributed by atoms with Crippen molar-refractivity contribution in [2.45, 2.75) is 31.2 Å². The molecule has 0 aliphatic carbocycles. The molecule has 2 aromatic carbocycles. The van der Waals surface area contributed by atoms with E-state index in [2.05, 4.69) is 28.6 Å². The third-order valence-corrected chi connectivity index (χ3v) is 7.54. The monoisotopic (exact) mass is 420 g/mol. The standard InChI is InChI=1S/C23H24N4O2S/c1-18-15-25-23(27(18)17-20-5-3-2-4-6-20)13-21-11-12-26(16-21)30(28,29)22-9-7-19(14-24)8-10-22/h2-10,15,21H,11-13,16-17H2,1H3. The van der Waals surface area contributed by atoms with Gasteiger partial charge in [0.25, 0.3) is 0 Å². The first-order valence-corrected chi connectivity index (χ1v) is 11.5. The van der Waals surface area contributed by atoms with E-state index < -0.39 is 10.0 Å². The Kier molecular flexibility index (Phi) is 5.71. The largest absolute Gasteiger partial charge is 0.328 e. The minimum atomic E-state index is -3.55. The molecule has 1 aliphatic heterocycles. The van der Waals surface area contributed by atoms with Gasteiger partial charge in [0.05, 0.1) is 16.5 Å². The van der Waals surface area contributed by atoms with E-state index >= 15 is 0 Å². The van der Waals surface area contributed by atoms with E-state index in [-0.39, 0.29) is 10.8 Å². The third-order valence-electron chi connectivity index (χ3n) is 5.66. The lowest BCUT2D eigenvalue weighted by Crippen LogP contribution is -2.29. The zero-order valence-electron chi connectivity index (χ0n) is 16.9. The number of hydrogen-bond donors (Lipinski definition) is 0. The number of nitrogens with zero attached hydrogens (tertiary/aromatic N) is 4. The van der Waals surface area contributed by atoms with E-state index in [1.54, 1.807) is 16.4 Å². The van der Waals surface area contributed by atoms with Gasteiger partial charge in [0.2, 0.25) is 10.0 Å². The molecule has 30 heavy (non-hydrogen) atoms. The quantitative estimate of drug-likeness (QED) is 0.612. The Morgan fingerprint density at radius 3 is 2.57 bits per heavy atom. The van der Waals surface area contributed by atoms with Crippen LogP contribution in [0.1, 0.15) is 29.1 Å². The van der Waals surface area contributed by atoms with E-state index in [4.69, 9.17) is 5.26 Å². The summed E-state index contributed by atoms with van der Waals surface area (Å²) in [5, 5.41) is 8.92. The Balaban J connectivity index is 1.46. The summed E-state index contributed by atoms with van der Waals surface area (Å²) in [5.41, 5.74) is 2.78. The second-order valence-electron chi connectivity index (χ2n) is 7.75. The van der Waals surface area contributed by atoms with Crippen LogP contribution in [0, 0.1) is 24.2 Å². The van der Waals surface area contributed by atoms with Crippen molar-refractivity contribution >= 4 is 10.0 Å². The summed E-state index contributed by atoms with van der Waals surface area (Å²) in [4.78, 5) is 4.84. The molecule has 1 unspecified atom stereocenters. The van der Waals surface area contributed by atoms with Crippen LogP contribution >= 0.6 is 0 Å². The number of imidazole rings is 1. The summed E-state index contributed by atoms with van der Waals surface area (Å²) in [6.45, 7) is 3.81. The van der Waals surface area contributed by atoms with Crippen molar-refractivity contribution in [1.82, 2.24) is 13.9 Å². The molecule has 1 aromatic heterocycles. The second kappa shape index (κ2) is 8.42. The predicted molar refractivity (Wildman–Crippen MR) is 114 cm³/mol. The lowest BCUT2D eigenvalue weighted by Gasteiger charge is -2.17. The molecule has 1 aliphatic rings. The van der Waals surface area contributed by atoms with Gasteiger partial charge in [-0.3, -0.25) is 0 Å². The molecular weight excluding hydrogens is 396 g/mol. The average molecular weight is 421 g/mol. The Hall–Kier alpha value is -2.95. The van der Waals surface area contributed by atoms with Crippen LogP contribution < -0.4 is 0 Å². The fourth-order valence-corrected chi connectivity index (χ4v) is 5.48. The first kappa shape index (κ1) is 20.3. The summed E-state index contributed by atoms with van der Waals surface area (Å²) < 4.78 is 29.7. The van der Waals surface area contributed by atoms with E-state index in [1.165, 1.54) is 17.7 Å². The minimum Gasteiger partial charge on any atom is -0.328 e. The molecule has 1 fully saturated rings. The highest BCUT2D eigenvalue weighted by atomic mass is 32.2. The smallest absolute Gasteiger partial charge is 0.243 e. The van der Waals surface area contributed by atoms with Gasteiger partial charge in [0.1, 0.15) is 5.82 Å². The van der Waals surface area contributed by atoms with E-state index in [0.29, 0.717) is 18.7 Å². The van der Waals surface area contributed by atoms with Gasteiger partial charge in [-0.05, 0) is 49.1 Å². The van der Waals surface area contributed by atoms with Gasteiger partial charge in [-0.2, -0.15) is 9.57 Å². The summed E-state index contributed by atoms with van der Waals surface area (Å²) in [5.74, 6) is 1.23. The molecule has 7 heteroatoms. The van der Waals surface area contributed by atoms with Crippen LogP contribution in [0.4, 0.5) is 0 Å². The SMILES string of the molecule is Cc1cnc(CC2CCN(S(=O)(=O)c3ccc(C#N)cc3)C2)n1Cc1ccccc1. The first-order valence-electron chi connectivity index (χ1n) is 10.0. The molecule has 3 aromatic rings. The molecular formula is C23H24N4O2S. The van der Waals surface area contributed by atoms with E-state index in [9.17, 15) is 8.42 Å². The van der Waals surface area contributed by atoms with Crippen molar-refractivity contribution in [3.8, 4) is 6.07 Å². The van der Waals surface area contributed by atoms with Crippen LogP contribution in [0.15, 0.2) is 65.7 Å². The van der Waals surface area contributed by atoms with Gasteiger partial charge in [-0.1, -0.05) is 30.3 Å². The number of sulfonamides is 1. The van der Waals surface area contributed by atoms with Gasteiger partial charge in [-0.15, -0.1) is 0 Å². The number of benzene rings is 2. The average Bonchev–Trinajstić information content (AvgIpc) is 3.37. The summed E-state index contributed by atoms with van der Waals surface area (Å²) in [6.07, 6.45) is 3.45. The highest BCUT2D eigenvalue weighted by Gasteiger charge is 2.33. The Morgan fingerprint density at radius 1 is 1.13 bits per heavy atom. The molecule has 154 valence electrons. The fraction of sp³-hybridized carbons (Fsp3) is 0.304. The zero-order valence-corrected chi connectivity index (χ0v) is 17.7. The molecule has 0 bridgehead atoms. The van der Waals surface area contributed by atoms with Gasteiger partial charge in [0.15, 0.2) is 0 Å². The lowest BCUT2D eigenvalue weighted by atomic mass is 10.0.